The third-order valence-corrected chi connectivity index (χ3v) is 6.63. The molecule has 8 nitrogen and oxygen atoms in total. The van der Waals surface area contributed by atoms with Gasteiger partial charge in [-0.25, -0.2) is 4.98 Å². The first-order chi connectivity index (χ1) is 14.5. The zero-order valence-electron chi connectivity index (χ0n) is 16.7. The lowest BCUT2D eigenvalue weighted by Crippen LogP contribution is -2.41. The number of ether oxygens (including phenoxy) is 1. The summed E-state index contributed by atoms with van der Waals surface area (Å²) in [6, 6.07) is 7.19. The van der Waals surface area contributed by atoms with Gasteiger partial charge in [0.25, 0.3) is 11.5 Å². The van der Waals surface area contributed by atoms with Gasteiger partial charge in [0.15, 0.2) is 0 Å². The quantitative estimate of drug-likeness (QED) is 0.668. The zero-order chi connectivity index (χ0) is 21.3. The van der Waals surface area contributed by atoms with Crippen LogP contribution in [0.5, 0.6) is 5.75 Å². The Kier molecular flexibility index (Phi) is 5.54. The van der Waals surface area contributed by atoms with Crippen molar-refractivity contribution in [3.05, 3.63) is 51.4 Å². The summed E-state index contributed by atoms with van der Waals surface area (Å²) in [5.41, 5.74) is 1.15. The molecule has 1 fully saturated rings. The second-order valence-electron chi connectivity index (χ2n) is 7.25. The lowest BCUT2D eigenvalue weighted by Gasteiger charge is -2.31. The van der Waals surface area contributed by atoms with Gasteiger partial charge in [0.1, 0.15) is 10.6 Å². The number of nitrogens with zero attached hydrogens (tertiary/aromatic N) is 2. The van der Waals surface area contributed by atoms with Crippen LogP contribution in [0.1, 0.15) is 28.1 Å². The molecule has 30 heavy (non-hydrogen) atoms. The minimum Gasteiger partial charge on any atom is -0.497 e. The van der Waals surface area contributed by atoms with E-state index >= 15 is 0 Å². The largest absolute Gasteiger partial charge is 0.497 e. The first kappa shape index (κ1) is 20.1. The number of methoxy groups -OCH3 is 1. The standard InChI is InChI=1S/C21H22N4O4S/c1-12-16-19(27)22-11-23-20(16)30-17(12)21(28)25-9-7-13(8-10-25)18(26)24-14-3-5-15(29-2)6-4-14/h3-6,11,13H,7-10H2,1-2H3,(H,24,26)(H,22,23,27). The summed E-state index contributed by atoms with van der Waals surface area (Å²) in [6.07, 6.45) is 2.54. The molecule has 1 saturated heterocycles. The van der Waals surface area contributed by atoms with E-state index in [1.165, 1.54) is 17.7 Å². The molecule has 9 heteroatoms. The number of hydrogen-bond acceptors (Lipinski definition) is 6. The maximum Gasteiger partial charge on any atom is 0.264 e. The molecule has 1 aliphatic rings. The number of hydrogen-bond donors (Lipinski definition) is 2. The first-order valence-electron chi connectivity index (χ1n) is 9.69. The minimum atomic E-state index is -0.235. The Morgan fingerprint density at radius 3 is 2.57 bits per heavy atom. The fraction of sp³-hybridized carbons (Fsp3) is 0.333. The van der Waals surface area contributed by atoms with Crippen molar-refractivity contribution in [2.24, 2.45) is 5.92 Å². The third kappa shape index (κ3) is 3.80. The topological polar surface area (TPSA) is 104 Å². The number of H-pyrrole nitrogens is 1. The molecule has 0 radical (unpaired) electrons. The molecule has 0 aliphatic carbocycles. The molecule has 0 spiro atoms. The van der Waals surface area contributed by atoms with Crippen LogP contribution in [0.25, 0.3) is 10.2 Å². The Hall–Kier alpha value is -3.20. The number of carbonyl (C=O) groups is 2. The number of anilines is 1. The molecule has 1 aliphatic heterocycles. The number of nitrogens with one attached hydrogen (secondary N) is 2. The van der Waals surface area contributed by atoms with E-state index in [-0.39, 0.29) is 23.3 Å². The van der Waals surface area contributed by atoms with Gasteiger partial charge in [-0.1, -0.05) is 0 Å². The van der Waals surface area contributed by atoms with Crippen molar-refractivity contribution in [2.45, 2.75) is 19.8 Å². The highest BCUT2D eigenvalue weighted by molar-refractivity contribution is 7.20. The van der Waals surface area contributed by atoms with E-state index in [9.17, 15) is 14.4 Å². The van der Waals surface area contributed by atoms with Crippen molar-refractivity contribution in [3.63, 3.8) is 0 Å². The van der Waals surface area contributed by atoms with Crippen LogP contribution in [0, 0.1) is 12.8 Å². The molecule has 1 aromatic carbocycles. The zero-order valence-corrected chi connectivity index (χ0v) is 17.5. The molecule has 3 heterocycles. The van der Waals surface area contributed by atoms with Gasteiger partial charge in [-0.15, -0.1) is 11.3 Å². The van der Waals surface area contributed by atoms with E-state index in [1.54, 1.807) is 43.2 Å². The first-order valence-corrected chi connectivity index (χ1v) is 10.5. The number of thiophene rings is 1. The van der Waals surface area contributed by atoms with E-state index in [4.69, 9.17) is 4.74 Å². The minimum absolute atomic E-state index is 0.0407. The maximum absolute atomic E-state index is 13.0. The highest BCUT2D eigenvalue weighted by Crippen LogP contribution is 2.29. The highest BCUT2D eigenvalue weighted by atomic mass is 32.1. The van der Waals surface area contributed by atoms with Crippen molar-refractivity contribution >= 4 is 39.1 Å². The second-order valence-corrected chi connectivity index (χ2v) is 8.25. The molecule has 2 aromatic heterocycles. The molecular formula is C21H22N4O4S. The number of carbonyl (C=O) groups excluding carboxylic acids is 2. The van der Waals surface area contributed by atoms with Crippen molar-refractivity contribution in [2.75, 3.05) is 25.5 Å². The van der Waals surface area contributed by atoms with E-state index in [0.717, 1.165) is 11.4 Å². The van der Waals surface area contributed by atoms with Crippen LogP contribution >= 0.6 is 11.3 Å². The number of aromatic amines is 1. The molecule has 0 atom stereocenters. The Labute approximate surface area is 176 Å². The summed E-state index contributed by atoms with van der Waals surface area (Å²) < 4.78 is 5.12. The van der Waals surface area contributed by atoms with E-state index in [0.29, 0.717) is 46.6 Å². The number of aromatic nitrogens is 2. The number of fused-ring (bicyclic) bond motifs is 1. The van der Waals surface area contributed by atoms with Gasteiger partial charge < -0.3 is 19.9 Å². The SMILES string of the molecule is COc1ccc(NC(=O)C2CCN(C(=O)c3sc4nc[nH]c(=O)c4c3C)CC2)cc1. The third-order valence-electron chi connectivity index (χ3n) is 5.44. The highest BCUT2D eigenvalue weighted by Gasteiger charge is 2.30. The van der Waals surface area contributed by atoms with Gasteiger partial charge in [0.2, 0.25) is 5.91 Å². The van der Waals surface area contributed by atoms with Crippen LogP contribution in [-0.2, 0) is 4.79 Å². The van der Waals surface area contributed by atoms with Gasteiger partial charge in [-0.2, -0.15) is 0 Å². The van der Waals surface area contributed by atoms with Crippen molar-refractivity contribution in [3.8, 4) is 5.75 Å². The molecule has 156 valence electrons. The summed E-state index contributed by atoms with van der Waals surface area (Å²) in [5.74, 6) is 0.433. The summed E-state index contributed by atoms with van der Waals surface area (Å²) in [5, 5.41) is 3.40. The molecule has 4 rings (SSSR count). The van der Waals surface area contributed by atoms with Crippen LogP contribution in [0.4, 0.5) is 5.69 Å². The smallest absolute Gasteiger partial charge is 0.264 e. The molecule has 0 saturated carbocycles. The fourth-order valence-electron chi connectivity index (χ4n) is 3.69. The van der Waals surface area contributed by atoms with Crippen molar-refractivity contribution < 1.29 is 14.3 Å². The van der Waals surface area contributed by atoms with Gasteiger partial charge >= 0.3 is 0 Å². The van der Waals surface area contributed by atoms with Crippen LogP contribution in [0.3, 0.4) is 0 Å². The molecule has 0 unspecified atom stereocenters. The lowest BCUT2D eigenvalue weighted by molar-refractivity contribution is -0.121. The van der Waals surface area contributed by atoms with Crippen molar-refractivity contribution in [1.29, 1.82) is 0 Å². The summed E-state index contributed by atoms with van der Waals surface area (Å²) in [6.45, 7) is 2.77. The average Bonchev–Trinajstić information content (AvgIpc) is 3.11. The van der Waals surface area contributed by atoms with Gasteiger partial charge in [0, 0.05) is 24.7 Å². The normalized spacial score (nSPS) is 14.7. The number of benzene rings is 1. The Morgan fingerprint density at radius 2 is 1.93 bits per heavy atom. The molecule has 2 amide bonds. The van der Waals surface area contributed by atoms with Crippen LogP contribution < -0.4 is 15.6 Å². The Morgan fingerprint density at radius 1 is 1.23 bits per heavy atom. The summed E-state index contributed by atoms with van der Waals surface area (Å²) >= 11 is 1.24. The Balaban J connectivity index is 1.40. The van der Waals surface area contributed by atoms with E-state index in [1.807, 2.05) is 0 Å². The number of piperidine rings is 1. The summed E-state index contributed by atoms with van der Waals surface area (Å²) in [7, 11) is 1.59. The van der Waals surface area contributed by atoms with Gasteiger partial charge in [-0.05, 0) is 49.6 Å². The van der Waals surface area contributed by atoms with Gasteiger partial charge in [-0.3, -0.25) is 14.4 Å². The van der Waals surface area contributed by atoms with Crippen LogP contribution in [-0.4, -0.2) is 46.9 Å². The van der Waals surface area contributed by atoms with Gasteiger partial charge in [0.05, 0.1) is 23.7 Å². The molecule has 3 aromatic rings. The van der Waals surface area contributed by atoms with E-state index in [2.05, 4.69) is 15.3 Å². The van der Waals surface area contributed by atoms with Crippen molar-refractivity contribution in [1.82, 2.24) is 14.9 Å². The number of rotatable bonds is 4. The van der Waals surface area contributed by atoms with Crippen LogP contribution in [0.2, 0.25) is 0 Å². The predicted molar refractivity (Wildman–Crippen MR) is 115 cm³/mol. The molecule has 2 N–H and O–H groups in total. The molecule has 0 bridgehead atoms. The number of aryl methyl sites for hydroxylation is 1. The number of amides is 2. The Bertz CT molecular complexity index is 1140. The average molecular weight is 426 g/mol. The predicted octanol–water partition coefficient (Wildman–Crippen LogP) is 2.79. The van der Waals surface area contributed by atoms with E-state index < -0.39 is 0 Å². The van der Waals surface area contributed by atoms with Crippen LogP contribution in [0.15, 0.2) is 35.4 Å². The second kappa shape index (κ2) is 8.27. The lowest BCUT2D eigenvalue weighted by atomic mass is 9.95. The maximum atomic E-state index is 13.0. The number of likely N-dealkylation sites (tertiary alicyclic amines) is 1. The summed E-state index contributed by atoms with van der Waals surface area (Å²) in [4.78, 5) is 47.2. The molecular weight excluding hydrogens is 404 g/mol. The fourth-order valence-corrected chi connectivity index (χ4v) is 4.81. The monoisotopic (exact) mass is 426 g/mol.